The minimum Gasteiger partial charge on any atom is -0.459 e. The summed E-state index contributed by atoms with van der Waals surface area (Å²) in [5.41, 5.74) is -0.809. The molecule has 0 heterocycles. The van der Waals surface area contributed by atoms with Gasteiger partial charge in [0.2, 0.25) is 0 Å². The van der Waals surface area contributed by atoms with Crippen molar-refractivity contribution in [3.63, 3.8) is 0 Å². The van der Waals surface area contributed by atoms with E-state index in [2.05, 4.69) is 0 Å². The van der Waals surface area contributed by atoms with E-state index in [1.54, 1.807) is 20.8 Å². The van der Waals surface area contributed by atoms with Crippen LogP contribution in [0, 0.1) is 17.6 Å². The van der Waals surface area contributed by atoms with Crippen LogP contribution in [0.4, 0.5) is 8.78 Å². The van der Waals surface area contributed by atoms with Gasteiger partial charge in [0, 0.05) is 10.7 Å². The number of carbonyl (C=O) groups excluding carboxylic acids is 1. The van der Waals surface area contributed by atoms with E-state index in [9.17, 15) is 22.0 Å². The van der Waals surface area contributed by atoms with Gasteiger partial charge in [0.25, 0.3) is 9.05 Å². The minimum absolute atomic E-state index is 0.0354. The number of halogens is 3. The van der Waals surface area contributed by atoms with Gasteiger partial charge in [-0.2, -0.15) is 0 Å². The quantitative estimate of drug-likeness (QED) is 0.630. The van der Waals surface area contributed by atoms with Crippen molar-refractivity contribution >= 4 is 25.7 Å². The fourth-order valence-electron chi connectivity index (χ4n) is 1.22. The minimum atomic E-state index is -4.29. The number of esters is 1. The summed E-state index contributed by atoms with van der Waals surface area (Å²) in [6, 6.07) is 1.05. The number of carbonyl (C=O) groups is 1. The molecule has 1 rings (SSSR count). The van der Waals surface area contributed by atoms with Gasteiger partial charge in [-0.25, -0.2) is 22.0 Å². The van der Waals surface area contributed by atoms with E-state index in [0.717, 1.165) is 0 Å². The second-order valence-corrected chi connectivity index (χ2v) is 7.12. The highest BCUT2D eigenvalue weighted by molar-refractivity contribution is 8.13. The predicted molar refractivity (Wildman–Crippen MR) is 69.1 cm³/mol. The lowest BCUT2D eigenvalue weighted by atomic mass is 10.1. The van der Waals surface area contributed by atoms with Crippen molar-refractivity contribution in [3.8, 4) is 0 Å². The maximum Gasteiger partial charge on any atom is 0.341 e. The number of rotatable bonds is 4. The molecule has 0 bridgehead atoms. The van der Waals surface area contributed by atoms with Gasteiger partial charge in [0.05, 0.1) is 10.5 Å². The first kappa shape index (κ1) is 16.8. The standard InChI is InChI=1S/C12H13ClF2O4S/c1-6(2)7(3)19-12(16)9-4-8(20(13,17)18)5-10(14)11(9)15/h4-7H,1-3H3. The number of hydrogen-bond donors (Lipinski definition) is 0. The van der Waals surface area contributed by atoms with Crippen LogP contribution in [0.25, 0.3) is 0 Å². The number of hydrogen-bond acceptors (Lipinski definition) is 4. The third kappa shape index (κ3) is 3.89. The molecule has 0 fully saturated rings. The fraction of sp³-hybridized carbons (Fsp3) is 0.417. The Kier molecular flexibility index (Phi) is 5.10. The molecule has 20 heavy (non-hydrogen) atoms. The first-order chi connectivity index (χ1) is 9.04. The third-order valence-corrected chi connectivity index (χ3v) is 4.07. The molecule has 0 amide bonds. The van der Waals surface area contributed by atoms with E-state index >= 15 is 0 Å². The molecule has 8 heteroatoms. The molecular formula is C12H13ClF2O4S. The molecule has 1 aromatic rings. The molecule has 0 radical (unpaired) electrons. The maximum absolute atomic E-state index is 13.6. The zero-order valence-electron chi connectivity index (χ0n) is 11.0. The van der Waals surface area contributed by atoms with Gasteiger partial charge >= 0.3 is 5.97 Å². The molecule has 112 valence electrons. The number of benzene rings is 1. The van der Waals surface area contributed by atoms with E-state index in [1.165, 1.54) is 0 Å². The molecule has 4 nitrogen and oxygen atoms in total. The van der Waals surface area contributed by atoms with Crippen LogP contribution in [-0.2, 0) is 13.8 Å². The monoisotopic (exact) mass is 326 g/mol. The molecule has 0 saturated heterocycles. The summed E-state index contributed by atoms with van der Waals surface area (Å²) >= 11 is 0. The lowest BCUT2D eigenvalue weighted by molar-refractivity contribution is 0.0231. The lowest BCUT2D eigenvalue weighted by Gasteiger charge is -2.17. The highest BCUT2D eigenvalue weighted by atomic mass is 35.7. The fourth-order valence-corrected chi connectivity index (χ4v) is 1.99. The Bertz CT molecular complexity index is 629. The summed E-state index contributed by atoms with van der Waals surface area (Å²) in [6.07, 6.45) is -0.541. The van der Waals surface area contributed by atoms with Crippen molar-refractivity contribution in [2.45, 2.75) is 31.8 Å². The molecule has 0 N–H and O–H groups in total. The predicted octanol–water partition coefficient (Wildman–Crippen LogP) is 3.09. The molecule has 1 unspecified atom stereocenters. The SMILES string of the molecule is CC(C)C(C)OC(=O)c1cc(S(=O)(=O)Cl)cc(F)c1F. The average molecular weight is 327 g/mol. The second kappa shape index (κ2) is 6.05. The van der Waals surface area contributed by atoms with Gasteiger partial charge in [-0.05, 0) is 25.0 Å². The van der Waals surface area contributed by atoms with E-state index in [1.807, 2.05) is 0 Å². The van der Waals surface area contributed by atoms with Crippen molar-refractivity contribution in [3.05, 3.63) is 29.3 Å². The van der Waals surface area contributed by atoms with Crippen LogP contribution in [-0.4, -0.2) is 20.5 Å². The Morgan fingerprint density at radius 3 is 2.25 bits per heavy atom. The van der Waals surface area contributed by atoms with Crippen LogP contribution in [0.2, 0.25) is 0 Å². The summed E-state index contributed by atoms with van der Waals surface area (Å²) in [7, 11) is 0.762. The molecule has 0 aliphatic rings. The van der Waals surface area contributed by atoms with Crippen LogP contribution in [0.3, 0.4) is 0 Å². The third-order valence-electron chi connectivity index (χ3n) is 2.73. The lowest BCUT2D eigenvalue weighted by Crippen LogP contribution is -2.21. The summed E-state index contributed by atoms with van der Waals surface area (Å²) in [4.78, 5) is 11.0. The van der Waals surface area contributed by atoms with Crippen LogP contribution < -0.4 is 0 Å². The van der Waals surface area contributed by atoms with Gasteiger partial charge in [-0.15, -0.1) is 0 Å². The zero-order chi connectivity index (χ0) is 15.7. The molecule has 1 atom stereocenters. The van der Waals surface area contributed by atoms with Crippen molar-refractivity contribution in [1.29, 1.82) is 0 Å². The zero-order valence-corrected chi connectivity index (χ0v) is 12.6. The molecular weight excluding hydrogens is 314 g/mol. The number of ether oxygens (including phenoxy) is 1. The summed E-state index contributed by atoms with van der Waals surface area (Å²) in [5, 5.41) is 0. The van der Waals surface area contributed by atoms with Crippen molar-refractivity contribution in [1.82, 2.24) is 0 Å². The van der Waals surface area contributed by atoms with E-state index in [0.29, 0.717) is 12.1 Å². The van der Waals surface area contributed by atoms with Gasteiger partial charge in [0.1, 0.15) is 6.10 Å². The molecule has 0 aliphatic heterocycles. The summed E-state index contributed by atoms with van der Waals surface area (Å²) in [6.45, 7) is 5.13. The van der Waals surface area contributed by atoms with Gasteiger partial charge in [-0.3, -0.25) is 0 Å². The first-order valence-corrected chi connectivity index (χ1v) is 7.99. The Morgan fingerprint density at radius 2 is 1.80 bits per heavy atom. The van der Waals surface area contributed by atoms with Crippen molar-refractivity contribution < 1.29 is 26.7 Å². The summed E-state index contributed by atoms with van der Waals surface area (Å²) < 4.78 is 54.0. The highest BCUT2D eigenvalue weighted by Crippen LogP contribution is 2.23. The Balaban J connectivity index is 3.24. The van der Waals surface area contributed by atoms with Crippen LogP contribution in [0.5, 0.6) is 0 Å². The van der Waals surface area contributed by atoms with Gasteiger partial charge in [-0.1, -0.05) is 13.8 Å². The molecule has 0 aromatic heterocycles. The van der Waals surface area contributed by atoms with Crippen LogP contribution in [0.15, 0.2) is 17.0 Å². The molecule has 0 saturated carbocycles. The van der Waals surface area contributed by atoms with Crippen LogP contribution >= 0.6 is 10.7 Å². The van der Waals surface area contributed by atoms with Gasteiger partial charge in [0.15, 0.2) is 11.6 Å². The van der Waals surface area contributed by atoms with E-state index in [4.69, 9.17) is 15.4 Å². The Morgan fingerprint density at radius 1 is 1.25 bits per heavy atom. The van der Waals surface area contributed by atoms with Gasteiger partial charge < -0.3 is 4.74 Å². The molecule has 0 spiro atoms. The maximum atomic E-state index is 13.6. The Labute approximate surface area is 120 Å². The largest absolute Gasteiger partial charge is 0.459 e. The summed E-state index contributed by atoms with van der Waals surface area (Å²) in [5.74, 6) is -4.15. The highest BCUT2D eigenvalue weighted by Gasteiger charge is 2.24. The van der Waals surface area contributed by atoms with Crippen molar-refractivity contribution in [2.75, 3.05) is 0 Å². The normalized spacial score (nSPS) is 13.3. The van der Waals surface area contributed by atoms with E-state index in [-0.39, 0.29) is 5.92 Å². The second-order valence-electron chi connectivity index (χ2n) is 4.56. The molecule has 0 aliphatic carbocycles. The topological polar surface area (TPSA) is 60.4 Å². The van der Waals surface area contributed by atoms with Crippen molar-refractivity contribution in [2.24, 2.45) is 5.92 Å². The average Bonchev–Trinajstić information content (AvgIpc) is 2.30. The van der Waals surface area contributed by atoms with E-state index < -0.39 is 43.2 Å². The van der Waals surface area contributed by atoms with Crippen LogP contribution in [0.1, 0.15) is 31.1 Å². The molecule has 1 aromatic carbocycles. The first-order valence-electron chi connectivity index (χ1n) is 5.68. The Hall–Kier alpha value is -1.21. The smallest absolute Gasteiger partial charge is 0.341 e.